The van der Waals surface area contributed by atoms with E-state index in [1.165, 1.54) is 17.8 Å². The van der Waals surface area contributed by atoms with E-state index in [9.17, 15) is 31.9 Å². The summed E-state index contributed by atoms with van der Waals surface area (Å²) in [5, 5.41) is 11.6. The predicted molar refractivity (Wildman–Crippen MR) is 102 cm³/mol. The van der Waals surface area contributed by atoms with Crippen LogP contribution in [0.5, 0.6) is 5.75 Å². The first kappa shape index (κ1) is 21.1. The first-order valence-electron chi connectivity index (χ1n) is 9.15. The number of aromatic nitrogens is 1. The number of anilines is 1. The lowest BCUT2D eigenvalue weighted by atomic mass is 10.1. The topological polar surface area (TPSA) is 130 Å². The lowest BCUT2D eigenvalue weighted by Gasteiger charge is -2.23. The van der Waals surface area contributed by atoms with E-state index in [1.54, 1.807) is 0 Å². The van der Waals surface area contributed by atoms with Crippen LogP contribution in [0.15, 0.2) is 29.3 Å². The Hall–Kier alpha value is -3.19. The molecule has 10 nitrogen and oxygen atoms in total. The van der Waals surface area contributed by atoms with E-state index in [0.29, 0.717) is 0 Å². The molecule has 1 aromatic heterocycles. The number of hydrogen-bond donors (Lipinski definition) is 3. The summed E-state index contributed by atoms with van der Waals surface area (Å²) < 4.78 is 61.8. The molecule has 1 aromatic carbocycles. The van der Waals surface area contributed by atoms with Gasteiger partial charge in [-0.15, -0.1) is 0 Å². The van der Waals surface area contributed by atoms with Crippen LogP contribution in [0.3, 0.4) is 0 Å². The normalized spacial score (nSPS) is 22.0. The number of sulfonamides is 1. The maximum Gasteiger partial charge on any atom is 0.407 e. The molecule has 4 rings (SSSR count). The van der Waals surface area contributed by atoms with E-state index in [4.69, 9.17) is 4.74 Å². The zero-order chi connectivity index (χ0) is 22.5. The summed E-state index contributed by atoms with van der Waals surface area (Å²) in [4.78, 5) is 24.9. The SMILES string of the molecule is Cn1cc2c(c1C(=O)Nc1ccc(F)c(F)c1)OCC1CN(C(=O)O)CC1NS2(=O)=O. The minimum Gasteiger partial charge on any atom is -0.489 e. The minimum absolute atomic E-state index is 0.0196. The molecule has 2 atom stereocenters. The Morgan fingerprint density at radius 2 is 2.00 bits per heavy atom. The Morgan fingerprint density at radius 3 is 2.68 bits per heavy atom. The van der Waals surface area contributed by atoms with Crippen LogP contribution in [0.4, 0.5) is 19.3 Å². The number of nitrogens with one attached hydrogen (secondary N) is 2. The number of hydrogen-bond acceptors (Lipinski definition) is 5. The van der Waals surface area contributed by atoms with E-state index in [1.807, 2.05) is 0 Å². The number of carbonyl (C=O) groups is 2. The van der Waals surface area contributed by atoms with Crippen molar-refractivity contribution in [1.29, 1.82) is 0 Å². The molecule has 1 saturated heterocycles. The van der Waals surface area contributed by atoms with Gasteiger partial charge in [-0.1, -0.05) is 0 Å². The van der Waals surface area contributed by atoms with Gasteiger partial charge in [-0.2, -0.15) is 0 Å². The highest BCUT2D eigenvalue weighted by atomic mass is 32.2. The molecule has 2 unspecified atom stereocenters. The molecule has 0 aliphatic carbocycles. The lowest BCUT2D eigenvalue weighted by molar-refractivity contribution is 0.101. The smallest absolute Gasteiger partial charge is 0.407 e. The number of carbonyl (C=O) groups excluding carboxylic acids is 1. The third kappa shape index (κ3) is 3.81. The van der Waals surface area contributed by atoms with Crippen molar-refractivity contribution in [2.75, 3.05) is 25.0 Å². The molecule has 166 valence electrons. The molecule has 0 saturated carbocycles. The number of rotatable bonds is 2. The van der Waals surface area contributed by atoms with Gasteiger partial charge in [0.2, 0.25) is 10.0 Å². The number of ether oxygens (including phenoxy) is 1. The van der Waals surface area contributed by atoms with Crippen LogP contribution in [0, 0.1) is 17.6 Å². The van der Waals surface area contributed by atoms with Crippen LogP contribution in [0.25, 0.3) is 0 Å². The number of amides is 2. The van der Waals surface area contributed by atoms with Crippen LogP contribution >= 0.6 is 0 Å². The van der Waals surface area contributed by atoms with Crippen molar-refractivity contribution in [2.45, 2.75) is 10.9 Å². The second kappa shape index (κ2) is 7.50. The van der Waals surface area contributed by atoms with Crippen LogP contribution in [0.2, 0.25) is 0 Å². The average Bonchev–Trinajstić information content (AvgIpc) is 3.22. The van der Waals surface area contributed by atoms with Crippen molar-refractivity contribution in [3.63, 3.8) is 0 Å². The Morgan fingerprint density at radius 1 is 1.26 bits per heavy atom. The molecule has 0 radical (unpaired) electrons. The van der Waals surface area contributed by atoms with E-state index in [0.717, 1.165) is 23.1 Å². The summed E-state index contributed by atoms with van der Waals surface area (Å²) in [6.07, 6.45) is 0.0260. The lowest BCUT2D eigenvalue weighted by Crippen LogP contribution is -2.43. The molecule has 2 amide bonds. The molecular weight excluding hydrogens is 438 g/mol. The number of halogens is 2. The minimum atomic E-state index is -4.13. The molecule has 3 heterocycles. The zero-order valence-electron chi connectivity index (χ0n) is 16.1. The Balaban J connectivity index is 1.67. The monoisotopic (exact) mass is 456 g/mol. The van der Waals surface area contributed by atoms with E-state index in [2.05, 4.69) is 10.0 Å². The largest absolute Gasteiger partial charge is 0.489 e. The number of fused-ring (bicyclic) bond motifs is 2. The zero-order valence-corrected chi connectivity index (χ0v) is 16.9. The van der Waals surface area contributed by atoms with E-state index < -0.39 is 45.6 Å². The fourth-order valence-corrected chi connectivity index (χ4v) is 5.21. The van der Waals surface area contributed by atoms with Crippen molar-refractivity contribution in [3.8, 4) is 5.75 Å². The second-order valence-corrected chi connectivity index (χ2v) is 9.03. The number of likely N-dealkylation sites (tertiary alicyclic amines) is 1. The van der Waals surface area contributed by atoms with Crippen molar-refractivity contribution < 1.29 is 36.6 Å². The van der Waals surface area contributed by atoms with Gasteiger partial charge in [0.05, 0.1) is 6.61 Å². The van der Waals surface area contributed by atoms with Gasteiger partial charge in [0.1, 0.15) is 4.90 Å². The first-order chi connectivity index (χ1) is 14.6. The van der Waals surface area contributed by atoms with Crippen LogP contribution in [0.1, 0.15) is 10.5 Å². The van der Waals surface area contributed by atoms with Crippen molar-refractivity contribution >= 4 is 27.7 Å². The Kier molecular flexibility index (Phi) is 5.09. The van der Waals surface area contributed by atoms with Gasteiger partial charge in [0.25, 0.3) is 5.91 Å². The van der Waals surface area contributed by atoms with Gasteiger partial charge >= 0.3 is 6.09 Å². The molecule has 2 aromatic rings. The fourth-order valence-electron chi connectivity index (χ4n) is 3.72. The van der Waals surface area contributed by atoms with Crippen molar-refractivity contribution in [1.82, 2.24) is 14.2 Å². The summed E-state index contributed by atoms with van der Waals surface area (Å²) in [5.74, 6) is -3.69. The molecular formula is C18H18F2N4O6S. The molecule has 0 spiro atoms. The third-order valence-electron chi connectivity index (χ3n) is 5.24. The maximum atomic E-state index is 13.4. The van der Waals surface area contributed by atoms with Gasteiger partial charge < -0.3 is 24.6 Å². The Labute approximate surface area is 175 Å². The highest BCUT2D eigenvalue weighted by Crippen LogP contribution is 2.34. The van der Waals surface area contributed by atoms with Crippen molar-refractivity contribution in [3.05, 3.63) is 41.7 Å². The summed E-state index contributed by atoms with van der Waals surface area (Å²) in [5.41, 5.74) is -0.171. The standard InChI is InChI=1S/C18H18F2N4O6S/c1-23-7-14-16(15(23)17(25)21-10-2-3-11(19)12(20)4-10)30-8-9-5-24(18(26)27)6-13(9)22-31(14,28)29/h2-4,7,9,13,22H,5-6,8H2,1H3,(H,21,25)(H,26,27). The van der Waals surface area contributed by atoms with Gasteiger partial charge in [-0.25, -0.2) is 26.7 Å². The van der Waals surface area contributed by atoms with Gasteiger partial charge in [0.15, 0.2) is 23.1 Å². The fraction of sp³-hybridized carbons (Fsp3) is 0.333. The number of carboxylic acid groups (broad SMARTS) is 1. The average molecular weight is 456 g/mol. The molecule has 1 fully saturated rings. The second-order valence-electron chi connectivity index (χ2n) is 7.35. The van der Waals surface area contributed by atoms with E-state index in [-0.39, 0.29) is 41.7 Å². The number of nitrogens with zero attached hydrogens (tertiary/aromatic N) is 2. The van der Waals surface area contributed by atoms with Crippen LogP contribution < -0.4 is 14.8 Å². The molecule has 2 aliphatic rings. The third-order valence-corrected chi connectivity index (χ3v) is 6.73. The molecule has 3 N–H and O–H groups in total. The predicted octanol–water partition coefficient (Wildman–Crippen LogP) is 1.20. The summed E-state index contributed by atoms with van der Waals surface area (Å²) in [6.45, 7) is 0.0226. The van der Waals surface area contributed by atoms with Crippen LogP contribution in [-0.4, -0.2) is 60.7 Å². The van der Waals surface area contributed by atoms with Crippen molar-refractivity contribution in [2.24, 2.45) is 13.0 Å². The van der Waals surface area contributed by atoms with Gasteiger partial charge in [-0.05, 0) is 12.1 Å². The highest BCUT2D eigenvalue weighted by Gasteiger charge is 2.42. The number of benzene rings is 1. The first-order valence-corrected chi connectivity index (χ1v) is 10.6. The number of aryl methyl sites for hydroxylation is 1. The molecule has 13 heteroatoms. The molecule has 2 aliphatic heterocycles. The van der Waals surface area contributed by atoms with Crippen LogP contribution in [-0.2, 0) is 17.1 Å². The maximum absolute atomic E-state index is 13.4. The summed E-state index contributed by atoms with van der Waals surface area (Å²) in [6, 6.07) is 2.13. The van der Waals surface area contributed by atoms with Gasteiger partial charge in [-0.3, -0.25) is 4.79 Å². The summed E-state index contributed by atoms with van der Waals surface area (Å²) in [7, 11) is -2.69. The molecule has 31 heavy (non-hydrogen) atoms. The van der Waals surface area contributed by atoms with Gasteiger partial charge in [0, 0.05) is 50.0 Å². The van der Waals surface area contributed by atoms with E-state index >= 15 is 0 Å². The Bertz CT molecular complexity index is 1180. The quantitative estimate of drug-likeness (QED) is 0.623. The highest BCUT2D eigenvalue weighted by molar-refractivity contribution is 7.89. The molecule has 0 bridgehead atoms. The summed E-state index contributed by atoms with van der Waals surface area (Å²) >= 11 is 0.